The molecule has 0 saturated carbocycles. The number of hydrogen-bond donors (Lipinski definition) is 1. The molecule has 0 aromatic carbocycles. The maximum atomic E-state index is 12.0. The first-order valence-electron chi connectivity index (χ1n) is 6.98. The van der Waals surface area contributed by atoms with E-state index in [1.807, 2.05) is 19.9 Å². The molecule has 1 N–H and O–H groups in total. The molecule has 1 unspecified atom stereocenters. The van der Waals surface area contributed by atoms with E-state index in [0.29, 0.717) is 12.2 Å². The van der Waals surface area contributed by atoms with Gasteiger partial charge in [0.2, 0.25) is 0 Å². The number of pyridine rings is 1. The van der Waals surface area contributed by atoms with Crippen LogP contribution in [0.2, 0.25) is 0 Å². The Hall–Kier alpha value is -1.86. The fraction of sp³-hybridized carbons (Fsp3) is 0.500. The number of amides is 1. The molecule has 2 heterocycles. The predicted octanol–water partition coefficient (Wildman–Crippen LogP) is 2.00. The van der Waals surface area contributed by atoms with Gasteiger partial charge in [-0.05, 0) is 44.2 Å². The maximum absolute atomic E-state index is 12.0. The maximum Gasteiger partial charge on any atom is 0.270 e. The molecule has 1 fully saturated rings. The fourth-order valence-electron chi connectivity index (χ4n) is 2.18. The van der Waals surface area contributed by atoms with Crippen molar-refractivity contribution in [3.05, 3.63) is 29.1 Å². The number of ether oxygens (including phenoxy) is 1. The first kappa shape index (κ1) is 14.5. The molecule has 1 aromatic rings. The van der Waals surface area contributed by atoms with Crippen LogP contribution in [0.4, 0.5) is 0 Å². The number of carbonyl (C=O) groups excluding carboxylic acids is 1. The van der Waals surface area contributed by atoms with Crippen LogP contribution in [-0.4, -0.2) is 30.1 Å². The monoisotopic (exact) mass is 272 g/mol. The molecule has 2 rings (SSSR count). The van der Waals surface area contributed by atoms with Gasteiger partial charge in [-0.25, -0.2) is 0 Å². The summed E-state index contributed by atoms with van der Waals surface area (Å²) in [5.74, 6) is 5.82. The van der Waals surface area contributed by atoms with Crippen molar-refractivity contribution in [3.8, 4) is 11.8 Å². The van der Waals surface area contributed by atoms with E-state index in [1.54, 1.807) is 6.20 Å². The van der Waals surface area contributed by atoms with E-state index < -0.39 is 0 Å². The first-order valence-corrected chi connectivity index (χ1v) is 6.98. The van der Waals surface area contributed by atoms with Crippen LogP contribution >= 0.6 is 0 Å². The minimum Gasteiger partial charge on any atom is -0.366 e. The summed E-state index contributed by atoms with van der Waals surface area (Å²) in [6, 6.07) is 1.95. The minimum absolute atomic E-state index is 0.0277. The lowest BCUT2D eigenvalue weighted by atomic mass is 10.1. The summed E-state index contributed by atoms with van der Waals surface area (Å²) in [4.78, 5) is 16.1. The van der Waals surface area contributed by atoms with Gasteiger partial charge in [0.25, 0.3) is 5.91 Å². The summed E-state index contributed by atoms with van der Waals surface area (Å²) < 4.78 is 5.50. The van der Waals surface area contributed by atoms with Crippen LogP contribution < -0.4 is 5.32 Å². The van der Waals surface area contributed by atoms with Gasteiger partial charge in [-0.2, -0.15) is 0 Å². The van der Waals surface area contributed by atoms with Crippen LogP contribution in [0.5, 0.6) is 0 Å². The summed E-state index contributed by atoms with van der Waals surface area (Å²) in [5, 5.41) is 2.77. The van der Waals surface area contributed by atoms with Crippen LogP contribution in [0.25, 0.3) is 0 Å². The molecule has 1 aliphatic rings. The van der Waals surface area contributed by atoms with Crippen LogP contribution in [0, 0.1) is 25.7 Å². The van der Waals surface area contributed by atoms with Crippen molar-refractivity contribution in [1.29, 1.82) is 0 Å². The van der Waals surface area contributed by atoms with E-state index in [9.17, 15) is 4.79 Å². The number of carbonyl (C=O) groups is 1. The van der Waals surface area contributed by atoms with Gasteiger partial charge < -0.3 is 10.1 Å². The molecule has 1 amide bonds. The number of nitrogens with one attached hydrogen (secondary N) is 1. The molecule has 20 heavy (non-hydrogen) atoms. The standard InChI is InChI=1S/C16H20N2O2/c1-12-10-13(2)15(18-11-12)16(19)17-8-5-7-14-6-3-4-9-20-14/h10-11,14H,3-4,6,8-9H2,1-2H3,(H,17,19). The van der Waals surface area contributed by atoms with Gasteiger partial charge >= 0.3 is 0 Å². The van der Waals surface area contributed by atoms with E-state index in [2.05, 4.69) is 22.1 Å². The average Bonchev–Trinajstić information content (AvgIpc) is 2.44. The summed E-state index contributed by atoms with van der Waals surface area (Å²) in [6.07, 6.45) is 4.99. The van der Waals surface area contributed by atoms with Crippen molar-refractivity contribution >= 4 is 5.91 Å². The largest absolute Gasteiger partial charge is 0.366 e. The smallest absolute Gasteiger partial charge is 0.270 e. The van der Waals surface area contributed by atoms with E-state index >= 15 is 0 Å². The Balaban J connectivity index is 1.84. The van der Waals surface area contributed by atoms with E-state index in [1.165, 1.54) is 0 Å². The van der Waals surface area contributed by atoms with Gasteiger partial charge in [-0.1, -0.05) is 17.9 Å². The zero-order chi connectivity index (χ0) is 14.4. The number of aromatic nitrogens is 1. The van der Waals surface area contributed by atoms with Gasteiger partial charge in [-0.15, -0.1) is 0 Å². The number of rotatable bonds is 2. The van der Waals surface area contributed by atoms with Crippen LogP contribution in [-0.2, 0) is 4.74 Å². The van der Waals surface area contributed by atoms with Crippen molar-refractivity contribution in [2.24, 2.45) is 0 Å². The SMILES string of the molecule is Cc1cnc(C(=O)NCC#CC2CCCCO2)c(C)c1. The Labute approximate surface area is 119 Å². The zero-order valence-corrected chi connectivity index (χ0v) is 12.0. The highest BCUT2D eigenvalue weighted by atomic mass is 16.5. The second-order valence-corrected chi connectivity index (χ2v) is 5.04. The fourth-order valence-corrected chi connectivity index (χ4v) is 2.18. The molecule has 0 spiro atoms. The number of nitrogens with zero attached hydrogens (tertiary/aromatic N) is 1. The average molecular weight is 272 g/mol. The molecule has 0 aliphatic carbocycles. The normalized spacial score (nSPS) is 18.0. The number of aryl methyl sites for hydroxylation is 2. The van der Waals surface area contributed by atoms with E-state index in [4.69, 9.17) is 4.74 Å². The van der Waals surface area contributed by atoms with Gasteiger partial charge in [0.1, 0.15) is 11.8 Å². The second-order valence-electron chi connectivity index (χ2n) is 5.04. The zero-order valence-electron chi connectivity index (χ0n) is 12.0. The molecule has 1 saturated heterocycles. The highest BCUT2D eigenvalue weighted by Crippen LogP contribution is 2.11. The van der Waals surface area contributed by atoms with Crippen molar-refractivity contribution in [3.63, 3.8) is 0 Å². The lowest BCUT2D eigenvalue weighted by Crippen LogP contribution is -2.26. The molecule has 1 atom stereocenters. The highest BCUT2D eigenvalue weighted by Gasteiger charge is 2.11. The van der Waals surface area contributed by atoms with Gasteiger partial charge in [0.15, 0.2) is 0 Å². The van der Waals surface area contributed by atoms with Crippen molar-refractivity contribution < 1.29 is 9.53 Å². The summed E-state index contributed by atoms with van der Waals surface area (Å²) in [5.41, 5.74) is 2.39. The third-order valence-electron chi connectivity index (χ3n) is 3.21. The van der Waals surface area contributed by atoms with E-state index in [-0.39, 0.29) is 12.0 Å². The summed E-state index contributed by atoms with van der Waals surface area (Å²) in [7, 11) is 0. The molecule has 0 bridgehead atoms. The van der Waals surface area contributed by atoms with Crippen LogP contribution in [0.1, 0.15) is 40.9 Å². The Morgan fingerprint density at radius 2 is 2.35 bits per heavy atom. The molecule has 4 nitrogen and oxygen atoms in total. The van der Waals surface area contributed by atoms with Gasteiger partial charge in [0.05, 0.1) is 6.54 Å². The topological polar surface area (TPSA) is 51.2 Å². The lowest BCUT2D eigenvalue weighted by Gasteiger charge is -2.17. The molecular weight excluding hydrogens is 252 g/mol. The third kappa shape index (κ3) is 4.07. The predicted molar refractivity (Wildman–Crippen MR) is 77.4 cm³/mol. The van der Waals surface area contributed by atoms with Gasteiger partial charge in [-0.3, -0.25) is 9.78 Å². The summed E-state index contributed by atoms with van der Waals surface area (Å²) in [6.45, 7) is 4.96. The molecule has 1 aliphatic heterocycles. The molecule has 0 radical (unpaired) electrons. The minimum atomic E-state index is -0.179. The van der Waals surface area contributed by atoms with Crippen molar-refractivity contribution in [2.45, 2.75) is 39.2 Å². The van der Waals surface area contributed by atoms with Crippen molar-refractivity contribution in [2.75, 3.05) is 13.2 Å². The Morgan fingerprint density at radius 1 is 1.50 bits per heavy atom. The molecule has 106 valence electrons. The van der Waals surface area contributed by atoms with E-state index in [0.717, 1.165) is 37.0 Å². The Morgan fingerprint density at radius 3 is 3.05 bits per heavy atom. The molecular formula is C16H20N2O2. The Bertz CT molecular complexity index is 537. The molecule has 1 aromatic heterocycles. The Kier molecular flexibility index (Phi) is 5.14. The van der Waals surface area contributed by atoms with Gasteiger partial charge in [0, 0.05) is 12.8 Å². The molecule has 4 heteroatoms. The third-order valence-corrected chi connectivity index (χ3v) is 3.21. The second kappa shape index (κ2) is 7.06. The number of hydrogen-bond acceptors (Lipinski definition) is 3. The quantitative estimate of drug-likeness (QED) is 0.838. The van der Waals surface area contributed by atoms with Crippen LogP contribution in [0.15, 0.2) is 12.3 Å². The van der Waals surface area contributed by atoms with Crippen LogP contribution in [0.3, 0.4) is 0 Å². The van der Waals surface area contributed by atoms with Crippen molar-refractivity contribution in [1.82, 2.24) is 10.3 Å². The highest BCUT2D eigenvalue weighted by molar-refractivity contribution is 5.93. The lowest BCUT2D eigenvalue weighted by molar-refractivity contribution is 0.0525. The summed E-state index contributed by atoms with van der Waals surface area (Å²) >= 11 is 0. The first-order chi connectivity index (χ1) is 9.66.